The molecule has 2 aromatic rings. The molecule has 50 heavy (non-hydrogen) atoms. The van der Waals surface area contributed by atoms with Gasteiger partial charge in [-0.15, -0.1) is 0 Å². The van der Waals surface area contributed by atoms with E-state index in [2.05, 4.69) is 26.6 Å². The smallest absolute Gasteiger partial charge is 0.326 e. The summed E-state index contributed by atoms with van der Waals surface area (Å²) in [5.74, 6) is -6.69. The van der Waals surface area contributed by atoms with Gasteiger partial charge in [0.1, 0.15) is 17.8 Å². The van der Waals surface area contributed by atoms with Crippen molar-refractivity contribution in [3.63, 3.8) is 0 Å². The van der Waals surface area contributed by atoms with Gasteiger partial charge >= 0.3 is 11.9 Å². The highest BCUT2D eigenvalue weighted by atomic mass is 16.4. The predicted molar refractivity (Wildman–Crippen MR) is 177 cm³/mol. The number of unbranched alkanes of at least 4 members (excludes halogenated alkanes) is 1. The third-order valence-corrected chi connectivity index (χ3v) is 7.32. The number of hydrogen-bond acceptors (Lipinski definition) is 9. The first-order valence-electron chi connectivity index (χ1n) is 15.7. The Hall–Kier alpha value is -6.00. The number of nitrogens with two attached hydrogens (primary N) is 1. The number of carboxylic acids is 2. The maximum absolute atomic E-state index is 12.7. The summed E-state index contributed by atoms with van der Waals surface area (Å²) in [5, 5.41) is 40.1. The van der Waals surface area contributed by atoms with Crippen LogP contribution in [-0.2, 0) is 35.2 Å². The predicted octanol–water partition coefficient (Wildman–Crippen LogP) is -0.516. The van der Waals surface area contributed by atoms with Crippen molar-refractivity contribution in [1.29, 1.82) is 0 Å². The van der Waals surface area contributed by atoms with Gasteiger partial charge in [0.25, 0.3) is 5.91 Å². The van der Waals surface area contributed by atoms with Crippen molar-refractivity contribution in [1.82, 2.24) is 26.6 Å². The van der Waals surface area contributed by atoms with E-state index in [1.54, 1.807) is 25.1 Å². The number of nitrogens with one attached hydrogen (secondary N) is 5. The lowest BCUT2D eigenvalue weighted by molar-refractivity contribution is -0.142. The molecule has 17 heteroatoms. The highest BCUT2D eigenvalue weighted by molar-refractivity contribution is 6.00. The van der Waals surface area contributed by atoms with E-state index in [0.717, 1.165) is 5.56 Å². The van der Waals surface area contributed by atoms with E-state index in [1.807, 2.05) is 0 Å². The van der Waals surface area contributed by atoms with Crippen molar-refractivity contribution in [3.8, 4) is 5.75 Å². The van der Waals surface area contributed by atoms with Crippen molar-refractivity contribution < 1.29 is 53.7 Å². The first-order chi connectivity index (χ1) is 23.7. The molecule has 2 rings (SSSR count). The lowest BCUT2D eigenvalue weighted by Crippen LogP contribution is -2.52. The van der Waals surface area contributed by atoms with E-state index in [1.165, 1.54) is 24.3 Å². The second kappa shape index (κ2) is 20.4. The third-order valence-electron chi connectivity index (χ3n) is 7.32. The van der Waals surface area contributed by atoms with Crippen molar-refractivity contribution in [2.75, 3.05) is 19.6 Å². The van der Waals surface area contributed by atoms with Gasteiger partial charge in [0.2, 0.25) is 29.5 Å². The molecular formula is C33H42N6O11. The molecule has 10 N–H and O–H groups in total. The molecule has 2 aromatic carbocycles. The standard InChI is InChI=1S/C33H42N6O11/c1-19-15-20(8-11-25(19)40)9-12-26(41)35-14-3-2-7-24(33(49)50)39-28(43)18-37-32(48)23(10-13-29(44)45)38-27(42)17-36-31(47)22-6-4-5-21(16-22)30(34)46/h4-6,8,11,15-16,23-24,40H,2-3,7,9-10,12-14,17-18H2,1H3,(H2,34,46)(H,35,41)(H,36,47)(H,37,48)(H,38,42)(H,39,43)(H,44,45)(H,49,50)/t23?,24-/m1/s1. The van der Waals surface area contributed by atoms with Crippen molar-refractivity contribution in [3.05, 3.63) is 64.7 Å². The zero-order valence-electron chi connectivity index (χ0n) is 27.5. The number of primary amides is 1. The molecule has 0 aliphatic rings. The Kier molecular flexibility index (Phi) is 16.4. The zero-order chi connectivity index (χ0) is 37.2. The van der Waals surface area contributed by atoms with Gasteiger partial charge in [0.05, 0.1) is 13.1 Å². The van der Waals surface area contributed by atoms with E-state index in [4.69, 9.17) is 10.8 Å². The van der Waals surface area contributed by atoms with Crippen LogP contribution in [0.15, 0.2) is 42.5 Å². The molecular weight excluding hydrogens is 656 g/mol. The Labute approximate surface area is 287 Å². The van der Waals surface area contributed by atoms with Gasteiger partial charge in [0.15, 0.2) is 0 Å². The monoisotopic (exact) mass is 698 g/mol. The minimum absolute atomic E-state index is 0.0352. The van der Waals surface area contributed by atoms with Gasteiger partial charge in [-0.05, 0) is 74.4 Å². The van der Waals surface area contributed by atoms with Crippen LogP contribution in [0.4, 0.5) is 0 Å². The first-order valence-corrected chi connectivity index (χ1v) is 15.7. The average Bonchev–Trinajstić information content (AvgIpc) is 3.07. The number of benzene rings is 2. The van der Waals surface area contributed by atoms with E-state index >= 15 is 0 Å². The van der Waals surface area contributed by atoms with Crippen LogP contribution in [0.2, 0.25) is 0 Å². The number of carbonyl (C=O) groups is 8. The maximum atomic E-state index is 12.7. The molecule has 0 aliphatic carbocycles. The molecule has 1 unspecified atom stereocenters. The fourth-order valence-electron chi connectivity index (χ4n) is 4.57. The molecule has 17 nitrogen and oxygen atoms in total. The summed E-state index contributed by atoms with van der Waals surface area (Å²) in [5.41, 5.74) is 6.93. The number of carbonyl (C=O) groups excluding carboxylic acids is 6. The molecule has 6 amide bonds. The third kappa shape index (κ3) is 14.8. The van der Waals surface area contributed by atoms with Gasteiger partial charge in [0, 0.05) is 30.5 Å². The fourth-order valence-corrected chi connectivity index (χ4v) is 4.57. The average molecular weight is 699 g/mol. The Morgan fingerprint density at radius 2 is 1.40 bits per heavy atom. The fraction of sp³-hybridized carbons (Fsp3) is 0.394. The summed E-state index contributed by atoms with van der Waals surface area (Å²) in [6.45, 7) is 0.765. The second-order valence-electron chi connectivity index (χ2n) is 11.3. The first kappa shape index (κ1) is 40.2. The number of hydrogen-bond donors (Lipinski definition) is 9. The van der Waals surface area contributed by atoms with Crippen molar-refractivity contribution >= 4 is 47.4 Å². The Balaban J connectivity index is 1.77. The van der Waals surface area contributed by atoms with E-state index in [0.29, 0.717) is 31.4 Å². The number of carboxylic acid groups (broad SMARTS) is 2. The molecule has 270 valence electrons. The van der Waals surface area contributed by atoms with Gasteiger partial charge in [-0.3, -0.25) is 33.6 Å². The summed E-state index contributed by atoms with van der Waals surface area (Å²) in [6, 6.07) is 7.83. The molecule has 0 bridgehead atoms. The SMILES string of the molecule is Cc1cc(CCC(=O)NCCCC[C@@H](NC(=O)CNC(=O)C(CCC(=O)O)NC(=O)CNC(=O)c2cccc(C(N)=O)c2)C(=O)O)ccc1O. The Bertz CT molecular complexity index is 1580. The van der Waals surface area contributed by atoms with Crippen LogP contribution in [0, 0.1) is 6.92 Å². The summed E-state index contributed by atoms with van der Waals surface area (Å²) in [6.07, 6.45) is 0.661. The topological polar surface area (TPSA) is 283 Å². The van der Waals surface area contributed by atoms with Gasteiger partial charge < -0.3 is 47.6 Å². The quantitative estimate of drug-likeness (QED) is 0.0748. The summed E-state index contributed by atoms with van der Waals surface area (Å²) in [4.78, 5) is 96.3. The molecule has 0 fully saturated rings. The minimum Gasteiger partial charge on any atom is -0.508 e. The summed E-state index contributed by atoms with van der Waals surface area (Å²) >= 11 is 0. The van der Waals surface area contributed by atoms with Crippen molar-refractivity contribution in [2.24, 2.45) is 5.73 Å². The second-order valence-corrected chi connectivity index (χ2v) is 11.3. The molecule has 0 aliphatic heterocycles. The number of phenols is 1. The number of amides is 6. The largest absolute Gasteiger partial charge is 0.508 e. The Morgan fingerprint density at radius 1 is 0.740 bits per heavy atom. The van der Waals surface area contributed by atoms with Crippen LogP contribution in [0.25, 0.3) is 0 Å². The number of aromatic hydroxyl groups is 1. The van der Waals surface area contributed by atoms with E-state index in [9.17, 15) is 48.6 Å². The normalized spacial score (nSPS) is 11.7. The zero-order valence-corrected chi connectivity index (χ0v) is 27.5. The highest BCUT2D eigenvalue weighted by Crippen LogP contribution is 2.17. The van der Waals surface area contributed by atoms with Crippen LogP contribution in [0.3, 0.4) is 0 Å². The van der Waals surface area contributed by atoms with Gasteiger partial charge in [-0.1, -0.05) is 18.2 Å². The van der Waals surface area contributed by atoms with Crippen molar-refractivity contribution in [2.45, 2.75) is 64.0 Å². The van der Waals surface area contributed by atoms with Crippen LogP contribution < -0.4 is 32.3 Å². The number of phenolic OH excluding ortho intramolecular Hbond substituents is 1. The van der Waals surface area contributed by atoms with Crippen LogP contribution in [0.5, 0.6) is 5.75 Å². The van der Waals surface area contributed by atoms with Gasteiger partial charge in [-0.25, -0.2) is 4.79 Å². The number of rotatable bonds is 21. The Morgan fingerprint density at radius 3 is 2.04 bits per heavy atom. The number of aryl methyl sites for hydroxylation is 2. The lowest BCUT2D eigenvalue weighted by atomic mass is 10.1. The molecule has 2 atom stereocenters. The van der Waals surface area contributed by atoms with Crippen LogP contribution >= 0.6 is 0 Å². The molecule has 0 saturated carbocycles. The molecule has 0 radical (unpaired) electrons. The summed E-state index contributed by atoms with van der Waals surface area (Å²) < 4.78 is 0. The van der Waals surface area contributed by atoms with E-state index in [-0.39, 0.29) is 42.0 Å². The van der Waals surface area contributed by atoms with Crippen LogP contribution in [0.1, 0.15) is 70.4 Å². The molecule has 0 spiro atoms. The lowest BCUT2D eigenvalue weighted by Gasteiger charge is -2.19. The minimum atomic E-state index is -1.41. The maximum Gasteiger partial charge on any atom is 0.326 e. The van der Waals surface area contributed by atoms with Crippen LogP contribution in [-0.4, -0.2) is 94.4 Å². The summed E-state index contributed by atoms with van der Waals surface area (Å²) in [7, 11) is 0. The number of aliphatic carboxylic acids is 2. The molecule has 0 heterocycles. The highest BCUT2D eigenvalue weighted by Gasteiger charge is 2.24. The molecule has 0 aromatic heterocycles. The molecule has 0 saturated heterocycles. The van der Waals surface area contributed by atoms with Gasteiger partial charge in [-0.2, -0.15) is 0 Å². The van der Waals surface area contributed by atoms with E-state index < -0.39 is 73.1 Å².